The average Bonchev–Trinajstić information content (AvgIpc) is 3.03. The molecule has 7 heteroatoms. The van der Waals surface area contributed by atoms with Gasteiger partial charge in [-0.05, 0) is 43.9 Å². The van der Waals surface area contributed by atoms with Gasteiger partial charge in [0.25, 0.3) is 5.91 Å². The highest BCUT2D eigenvalue weighted by molar-refractivity contribution is 5.95. The molecule has 0 unspecified atom stereocenters. The molecule has 0 saturated heterocycles. The molecule has 0 saturated carbocycles. The van der Waals surface area contributed by atoms with Crippen molar-refractivity contribution in [3.05, 3.63) is 47.3 Å². The summed E-state index contributed by atoms with van der Waals surface area (Å²) in [5, 5.41) is 15.9. The number of carbonyl (C=O) groups is 2. The summed E-state index contributed by atoms with van der Waals surface area (Å²) in [6.45, 7) is 6.30. The molecule has 0 spiro atoms. The Labute approximate surface area is 159 Å². The van der Waals surface area contributed by atoms with Crippen molar-refractivity contribution < 1.29 is 19.4 Å². The number of amides is 1. The quantitative estimate of drug-likeness (QED) is 0.668. The molecule has 1 heterocycles. The summed E-state index contributed by atoms with van der Waals surface area (Å²) < 4.78 is 7.03. The summed E-state index contributed by atoms with van der Waals surface area (Å²) in [5.74, 6) is -0.620. The third-order valence-electron chi connectivity index (χ3n) is 4.56. The molecular formula is C20H27N3O4. The van der Waals surface area contributed by atoms with Crippen LogP contribution in [0, 0.1) is 6.92 Å². The van der Waals surface area contributed by atoms with Gasteiger partial charge in [-0.25, -0.2) is 4.79 Å². The van der Waals surface area contributed by atoms with Gasteiger partial charge >= 0.3 is 5.97 Å². The Morgan fingerprint density at radius 3 is 2.48 bits per heavy atom. The van der Waals surface area contributed by atoms with Gasteiger partial charge < -0.3 is 15.2 Å². The minimum absolute atomic E-state index is 0.119. The number of carboxylic acids is 1. The first-order chi connectivity index (χ1) is 13.0. The highest BCUT2D eigenvalue weighted by atomic mass is 16.5. The first-order valence-electron chi connectivity index (χ1n) is 9.22. The van der Waals surface area contributed by atoms with Crippen molar-refractivity contribution in [1.82, 2.24) is 15.1 Å². The molecule has 0 atom stereocenters. The van der Waals surface area contributed by atoms with Gasteiger partial charge in [-0.1, -0.05) is 26.0 Å². The van der Waals surface area contributed by atoms with Crippen LogP contribution in [0.15, 0.2) is 30.5 Å². The van der Waals surface area contributed by atoms with Gasteiger partial charge in [0.15, 0.2) is 6.61 Å². The van der Waals surface area contributed by atoms with E-state index in [9.17, 15) is 9.59 Å². The fourth-order valence-corrected chi connectivity index (χ4v) is 2.96. The second-order valence-electron chi connectivity index (χ2n) is 6.39. The molecule has 0 radical (unpaired) electrons. The first-order valence-corrected chi connectivity index (χ1v) is 9.22. The number of rotatable bonds is 10. The molecule has 0 fully saturated rings. The Bertz CT molecular complexity index is 764. The Morgan fingerprint density at radius 1 is 1.22 bits per heavy atom. The van der Waals surface area contributed by atoms with Crippen molar-refractivity contribution >= 4 is 11.9 Å². The number of carbonyl (C=O) groups excluding carboxylic acids is 1. The van der Waals surface area contributed by atoms with Crippen molar-refractivity contribution in [1.29, 1.82) is 0 Å². The number of hydrogen-bond acceptors (Lipinski definition) is 4. The number of aliphatic carboxylic acids is 1. The van der Waals surface area contributed by atoms with Crippen LogP contribution in [0.2, 0.25) is 0 Å². The number of nitrogens with zero attached hydrogens (tertiary/aromatic N) is 2. The van der Waals surface area contributed by atoms with E-state index >= 15 is 0 Å². The SMILES string of the molecule is CCC(CC)n1ncc(C(=O)NCCc2ccc(OCC(=O)O)cc2)c1C. The lowest BCUT2D eigenvalue weighted by atomic mass is 10.1. The minimum atomic E-state index is -1.01. The second-order valence-corrected chi connectivity index (χ2v) is 6.39. The van der Waals surface area contributed by atoms with Crippen molar-refractivity contribution in [2.24, 2.45) is 0 Å². The smallest absolute Gasteiger partial charge is 0.341 e. The van der Waals surface area contributed by atoms with Crippen LogP contribution in [0.5, 0.6) is 5.75 Å². The van der Waals surface area contributed by atoms with Crippen LogP contribution < -0.4 is 10.1 Å². The highest BCUT2D eigenvalue weighted by Crippen LogP contribution is 2.19. The number of nitrogens with one attached hydrogen (secondary N) is 1. The topological polar surface area (TPSA) is 93.5 Å². The number of ether oxygens (including phenoxy) is 1. The van der Waals surface area contributed by atoms with Gasteiger partial charge in [-0.3, -0.25) is 9.48 Å². The van der Waals surface area contributed by atoms with Crippen LogP contribution in [-0.2, 0) is 11.2 Å². The highest BCUT2D eigenvalue weighted by Gasteiger charge is 2.17. The zero-order chi connectivity index (χ0) is 19.8. The van der Waals surface area contributed by atoms with Crippen LogP contribution in [0.3, 0.4) is 0 Å². The number of carboxylic acid groups (broad SMARTS) is 1. The predicted molar refractivity (Wildman–Crippen MR) is 102 cm³/mol. The largest absolute Gasteiger partial charge is 0.482 e. The molecule has 2 rings (SSSR count). The normalized spacial score (nSPS) is 10.8. The lowest BCUT2D eigenvalue weighted by molar-refractivity contribution is -0.139. The van der Waals surface area contributed by atoms with Crippen LogP contribution >= 0.6 is 0 Å². The van der Waals surface area contributed by atoms with Crippen molar-refractivity contribution in [3.8, 4) is 5.75 Å². The van der Waals surface area contributed by atoms with Crippen LogP contribution in [0.1, 0.15) is 54.3 Å². The summed E-state index contributed by atoms with van der Waals surface area (Å²) in [5.41, 5.74) is 2.53. The molecule has 146 valence electrons. The third kappa shape index (κ3) is 5.57. The van der Waals surface area contributed by atoms with Crippen molar-refractivity contribution in [3.63, 3.8) is 0 Å². The predicted octanol–water partition coefficient (Wildman–Crippen LogP) is 2.99. The Hall–Kier alpha value is -2.83. The number of hydrogen-bond donors (Lipinski definition) is 2. The summed E-state index contributed by atoms with van der Waals surface area (Å²) >= 11 is 0. The fourth-order valence-electron chi connectivity index (χ4n) is 2.96. The summed E-state index contributed by atoms with van der Waals surface area (Å²) in [6, 6.07) is 7.49. The van der Waals surface area contributed by atoms with Gasteiger partial charge in [0, 0.05) is 12.2 Å². The molecule has 2 aromatic rings. The van der Waals surface area contributed by atoms with Gasteiger partial charge in [0.05, 0.1) is 17.8 Å². The lowest BCUT2D eigenvalue weighted by Gasteiger charge is -2.15. The maximum absolute atomic E-state index is 12.4. The van der Waals surface area contributed by atoms with E-state index in [0.717, 1.165) is 24.1 Å². The minimum Gasteiger partial charge on any atom is -0.482 e. The van der Waals surface area contributed by atoms with E-state index in [1.54, 1.807) is 18.3 Å². The van der Waals surface area contributed by atoms with Gasteiger partial charge in [-0.15, -0.1) is 0 Å². The molecule has 1 amide bonds. The van der Waals surface area contributed by atoms with E-state index < -0.39 is 5.97 Å². The van der Waals surface area contributed by atoms with Crippen LogP contribution in [0.25, 0.3) is 0 Å². The van der Waals surface area contributed by atoms with Gasteiger partial charge in [0.1, 0.15) is 5.75 Å². The average molecular weight is 373 g/mol. The maximum atomic E-state index is 12.4. The van der Waals surface area contributed by atoms with Crippen molar-refractivity contribution in [2.45, 2.75) is 46.1 Å². The molecule has 1 aromatic heterocycles. The molecule has 0 bridgehead atoms. The maximum Gasteiger partial charge on any atom is 0.341 e. The van der Waals surface area contributed by atoms with Gasteiger partial charge in [0.2, 0.25) is 0 Å². The van der Waals surface area contributed by atoms with Gasteiger partial charge in [-0.2, -0.15) is 5.10 Å². The third-order valence-corrected chi connectivity index (χ3v) is 4.56. The summed E-state index contributed by atoms with van der Waals surface area (Å²) in [7, 11) is 0. The molecule has 27 heavy (non-hydrogen) atoms. The second kappa shape index (κ2) is 9.75. The van der Waals surface area contributed by atoms with E-state index in [2.05, 4.69) is 24.3 Å². The van der Waals surface area contributed by atoms with Crippen LogP contribution in [0.4, 0.5) is 0 Å². The molecule has 2 N–H and O–H groups in total. The zero-order valence-corrected chi connectivity index (χ0v) is 16.1. The van der Waals surface area contributed by atoms with Crippen molar-refractivity contribution in [2.75, 3.05) is 13.2 Å². The first kappa shape index (κ1) is 20.5. The zero-order valence-electron chi connectivity index (χ0n) is 16.1. The van der Waals surface area contributed by atoms with E-state index in [4.69, 9.17) is 9.84 Å². The number of benzene rings is 1. The fraction of sp³-hybridized carbons (Fsp3) is 0.450. The molecule has 0 aliphatic carbocycles. The molecule has 1 aromatic carbocycles. The van der Waals surface area contributed by atoms with Crippen LogP contribution in [-0.4, -0.2) is 39.9 Å². The van der Waals surface area contributed by atoms with E-state index in [-0.39, 0.29) is 12.5 Å². The summed E-state index contributed by atoms with van der Waals surface area (Å²) in [4.78, 5) is 22.9. The Morgan fingerprint density at radius 2 is 1.89 bits per heavy atom. The number of aromatic nitrogens is 2. The monoisotopic (exact) mass is 373 g/mol. The van der Waals surface area contributed by atoms with E-state index in [1.165, 1.54) is 0 Å². The molecule has 0 aliphatic rings. The lowest BCUT2D eigenvalue weighted by Crippen LogP contribution is -2.26. The van der Waals surface area contributed by atoms with E-state index in [0.29, 0.717) is 30.3 Å². The standard InChI is InChI=1S/C20H27N3O4/c1-4-16(5-2)23-14(3)18(12-22-23)20(26)21-11-10-15-6-8-17(9-7-15)27-13-19(24)25/h6-9,12,16H,4-5,10-11,13H2,1-3H3,(H,21,26)(H,24,25). The molecule has 0 aliphatic heterocycles. The van der Waals surface area contributed by atoms with E-state index in [1.807, 2.05) is 23.7 Å². The Kier molecular flexibility index (Phi) is 7.40. The molecule has 7 nitrogen and oxygen atoms in total. The molecular weight excluding hydrogens is 346 g/mol. The Balaban J connectivity index is 1.86. The summed E-state index contributed by atoms with van der Waals surface area (Å²) in [6.07, 6.45) is 4.26.